The largest absolute Gasteiger partial charge is 0.300 e. The standard InChI is InChI=1S/C8H9N3O/c9-12-6-7-5-10-11-4-2-1-3-8(7)11/h1-5H,6,9H2. The minimum absolute atomic E-state index is 0.396. The van der Waals surface area contributed by atoms with Gasteiger partial charge in [-0.15, -0.1) is 0 Å². The van der Waals surface area contributed by atoms with E-state index in [9.17, 15) is 0 Å². The second-order valence-electron chi connectivity index (χ2n) is 2.51. The van der Waals surface area contributed by atoms with Crippen LogP contribution in [-0.4, -0.2) is 9.61 Å². The van der Waals surface area contributed by atoms with E-state index in [0.717, 1.165) is 11.1 Å². The van der Waals surface area contributed by atoms with Crippen molar-refractivity contribution in [2.45, 2.75) is 6.61 Å². The van der Waals surface area contributed by atoms with Crippen LogP contribution in [0.15, 0.2) is 30.6 Å². The van der Waals surface area contributed by atoms with E-state index < -0.39 is 0 Å². The highest BCUT2D eigenvalue weighted by atomic mass is 16.6. The van der Waals surface area contributed by atoms with E-state index in [2.05, 4.69) is 9.94 Å². The molecule has 0 atom stereocenters. The lowest BCUT2D eigenvalue weighted by Crippen LogP contribution is -1.98. The van der Waals surface area contributed by atoms with E-state index in [1.807, 2.05) is 24.4 Å². The van der Waals surface area contributed by atoms with Crippen LogP contribution in [-0.2, 0) is 11.4 Å². The van der Waals surface area contributed by atoms with E-state index >= 15 is 0 Å². The summed E-state index contributed by atoms with van der Waals surface area (Å²) in [6.45, 7) is 0.396. The molecule has 2 aromatic heterocycles. The maximum atomic E-state index is 4.97. The van der Waals surface area contributed by atoms with Gasteiger partial charge in [0.2, 0.25) is 0 Å². The molecule has 0 saturated heterocycles. The van der Waals surface area contributed by atoms with Gasteiger partial charge in [-0.3, -0.25) is 4.84 Å². The number of nitrogens with zero attached hydrogens (tertiary/aromatic N) is 2. The molecule has 0 bridgehead atoms. The average Bonchev–Trinajstić information content (AvgIpc) is 2.50. The minimum Gasteiger partial charge on any atom is -0.300 e. The highest BCUT2D eigenvalue weighted by molar-refractivity contribution is 5.52. The lowest BCUT2D eigenvalue weighted by Gasteiger charge is -1.94. The molecule has 0 aliphatic heterocycles. The predicted molar refractivity (Wildman–Crippen MR) is 44.2 cm³/mol. The summed E-state index contributed by atoms with van der Waals surface area (Å²) in [7, 11) is 0. The highest BCUT2D eigenvalue weighted by Gasteiger charge is 2.00. The minimum atomic E-state index is 0.396. The first-order chi connectivity index (χ1) is 5.92. The maximum Gasteiger partial charge on any atom is 0.0966 e. The Morgan fingerprint density at radius 1 is 1.50 bits per heavy atom. The van der Waals surface area contributed by atoms with Crippen LogP contribution >= 0.6 is 0 Å². The lowest BCUT2D eigenvalue weighted by atomic mass is 10.3. The summed E-state index contributed by atoms with van der Waals surface area (Å²) < 4.78 is 1.79. The van der Waals surface area contributed by atoms with Crippen LogP contribution in [0.1, 0.15) is 5.56 Å². The van der Waals surface area contributed by atoms with Gasteiger partial charge in [-0.2, -0.15) is 5.10 Å². The first-order valence-electron chi connectivity index (χ1n) is 3.65. The van der Waals surface area contributed by atoms with Crippen molar-refractivity contribution in [3.8, 4) is 0 Å². The van der Waals surface area contributed by atoms with Crippen LogP contribution in [0.4, 0.5) is 0 Å². The van der Waals surface area contributed by atoms with Crippen molar-refractivity contribution in [2.24, 2.45) is 5.90 Å². The number of rotatable bonds is 2. The lowest BCUT2D eigenvalue weighted by molar-refractivity contribution is 0.125. The molecule has 0 aliphatic rings. The van der Waals surface area contributed by atoms with Gasteiger partial charge in [-0.1, -0.05) is 6.07 Å². The zero-order chi connectivity index (χ0) is 8.39. The summed E-state index contributed by atoms with van der Waals surface area (Å²) in [6.07, 6.45) is 3.64. The van der Waals surface area contributed by atoms with Gasteiger partial charge < -0.3 is 0 Å². The zero-order valence-corrected chi connectivity index (χ0v) is 6.47. The molecule has 12 heavy (non-hydrogen) atoms. The number of hydrogen-bond acceptors (Lipinski definition) is 3. The van der Waals surface area contributed by atoms with Crippen molar-refractivity contribution in [3.05, 3.63) is 36.2 Å². The molecule has 2 heterocycles. The molecule has 2 aromatic rings. The van der Waals surface area contributed by atoms with Gasteiger partial charge in [-0.25, -0.2) is 10.4 Å². The fourth-order valence-corrected chi connectivity index (χ4v) is 1.19. The number of nitrogens with two attached hydrogens (primary N) is 1. The molecular weight excluding hydrogens is 154 g/mol. The number of fused-ring (bicyclic) bond motifs is 1. The Hall–Kier alpha value is -1.39. The summed E-state index contributed by atoms with van der Waals surface area (Å²) in [5, 5.41) is 4.12. The molecule has 2 rings (SSSR count). The SMILES string of the molecule is NOCc1cnn2ccccc12. The molecule has 62 valence electrons. The monoisotopic (exact) mass is 163 g/mol. The Morgan fingerprint density at radius 2 is 2.42 bits per heavy atom. The van der Waals surface area contributed by atoms with E-state index in [4.69, 9.17) is 5.90 Å². The molecule has 0 fully saturated rings. The Kier molecular flexibility index (Phi) is 1.77. The topological polar surface area (TPSA) is 52.5 Å². The van der Waals surface area contributed by atoms with Crippen molar-refractivity contribution in [2.75, 3.05) is 0 Å². The first-order valence-corrected chi connectivity index (χ1v) is 3.65. The predicted octanol–water partition coefficient (Wildman–Crippen LogP) is 0.725. The Morgan fingerprint density at radius 3 is 3.25 bits per heavy atom. The smallest absolute Gasteiger partial charge is 0.0966 e. The van der Waals surface area contributed by atoms with Gasteiger partial charge in [-0.05, 0) is 12.1 Å². The van der Waals surface area contributed by atoms with Crippen molar-refractivity contribution < 1.29 is 4.84 Å². The third kappa shape index (κ3) is 1.07. The molecule has 0 unspecified atom stereocenters. The van der Waals surface area contributed by atoms with Crippen molar-refractivity contribution in [1.29, 1.82) is 0 Å². The van der Waals surface area contributed by atoms with Crippen LogP contribution in [0.5, 0.6) is 0 Å². The number of aromatic nitrogens is 2. The molecule has 0 spiro atoms. The van der Waals surface area contributed by atoms with Crippen molar-refractivity contribution in [1.82, 2.24) is 9.61 Å². The third-order valence-corrected chi connectivity index (χ3v) is 1.75. The van der Waals surface area contributed by atoms with E-state index in [-0.39, 0.29) is 0 Å². The second kappa shape index (κ2) is 2.92. The fraction of sp³-hybridized carbons (Fsp3) is 0.125. The van der Waals surface area contributed by atoms with Crippen LogP contribution in [0.25, 0.3) is 5.52 Å². The molecule has 0 saturated carbocycles. The van der Waals surface area contributed by atoms with Crippen LogP contribution in [0, 0.1) is 0 Å². The maximum absolute atomic E-state index is 4.97. The quantitative estimate of drug-likeness (QED) is 0.664. The normalized spacial score (nSPS) is 10.8. The summed E-state index contributed by atoms with van der Waals surface area (Å²) in [6, 6.07) is 5.85. The van der Waals surface area contributed by atoms with Gasteiger partial charge in [0.25, 0.3) is 0 Å². The zero-order valence-electron chi connectivity index (χ0n) is 6.47. The van der Waals surface area contributed by atoms with E-state index in [1.54, 1.807) is 10.7 Å². The van der Waals surface area contributed by atoms with Gasteiger partial charge in [0.15, 0.2) is 0 Å². The summed E-state index contributed by atoms with van der Waals surface area (Å²) in [4.78, 5) is 4.54. The average molecular weight is 163 g/mol. The number of pyridine rings is 1. The molecule has 0 amide bonds. The second-order valence-corrected chi connectivity index (χ2v) is 2.51. The fourth-order valence-electron chi connectivity index (χ4n) is 1.19. The van der Waals surface area contributed by atoms with Crippen molar-refractivity contribution >= 4 is 5.52 Å². The molecule has 4 nitrogen and oxygen atoms in total. The molecule has 4 heteroatoms. The summed E-state index contributed by atoms with van der Waals surface area (Å²) >= 11 is 0. The van der Waals surface area contributed by atoms with Crippen molar-refractivity contribution in [3.63, 3.8) is 0 Å². The molecule has 2 N–H and O–H groups in total. The Bertz CT molecular complexity index is 382. The highest BCUT2D eigenvalue weighted by Crippen LogP contribution is 2.09. The summed E-state index contributed by atoms with van der Waals surface area (Å²) in [5.74, 6) is 4.97. The molecule has 0 aliphatic carbocycles. The van der Waals surface area contributed by atoms with Gasteiger partial charge in [0.1, 0.15) is 0 Å². The van der Waals surface area contributed by atoms with Crippen LogP contribution < -0.4 is 5.90 Å². The van der Waals surface area contributed by atoms with Crippen LogP contribution in [0.2, 0.25) is 0 Å². The molecule has 0 aromatic carbocycles. The third-order valence-electron chi connectivity index (χ3n) is 1.75. The molecular formula is C8H9N3O. The Labute approximate surface area is 69.5 Å². The summed E-state index contributed by atoms with van der Waals surface area (Å²) in [5.41, 5.74) is 2.03. The number of hydrogen-bond donors (Lipinski definition) is 1. The van der Waals surface area contributed by atoms with E-state index in [1.165, 1.54) is 0 Å². The van der Waals surface area contributed by atoms with Gasteiger partial charge >= 0.3 is 0 Å². The Balaban J connectivity index is 2.55. The van der Waals surface area contributed by atoms with Gasteiger partial charge in [0, 0.05) is 11.8 Å². The van der Waals surface area contributed by atoms with E-state index in [0.29, 0.717) is 6.61 Å². The van der Waals surface area contributed by atoms with Gasteiger partial charge in [0.05, 0.1) is 18.3 Å². The van der Waals surface area contributed by atoms with Crippen LogP contribution in [0.3, 0.4) is 0 Å². The first kappa shape index (κ1) is 7.27. The molecule has 0 radical (unpaired) electrons.